The molecule has 0 radical (unpaired) electrons. The van der Waals surface area contributed by atoms with Crippen LogP contribution in [0.1, 0.15) is 50.0 Å². The summed E-state index contributed by atoms with van der Waals surface area (Å²) in [4.78, 5) is 22.6. The summed E-state index contributed by atoms with van der Waals surface area (Å²) in [6.45, 7) is 7.48. The van der Waals surface area contributed by atoms with Gasteiger partial charge in [0.1, 0.15) is 5.60 Å². The van der Waals surface area contributed by atoms with Gasteiger partial charge in [0.05, 0.1) is 5.56 Å². The Balaban J connectivity index is 2.66. The van der Waals surface area contributed by atoms with E-state index in [1.54, 1.807) is 18.2 Å². The van der Waals surface area contributed by atoms with E-state index in [1.807, 2.05) is 26.8 Å². The zero-order valence-electron chi connectivity index (χ0n) is 12.9. The predicted molar refractivity (Wildman–Crippen MR) is 81.8 cm³/mol. The summed E-state index contributed by atoms with van der Waals surface area (Å²) in [7, 11) is 0. The van der Waals surface area contributed by atoms with Crippen LogP contribution in [0.25, 0.3) is 0 Å². The molecule has 0 heterocycles. The van der Waals surface area contributed by atoms with Crippen LogP contribution in [0.4, 0.5) is 0 Å². The lowest BCUT2D eigenvalue weighted by molar-refractivity contribution is -0.118. The van der Waals surface area contributed by atoms with Crippen LogP contribution >= 0.6 is 0 Å². The van der Waals surface area contributed by atoms with E-state index in [9.17, 15) is 9.59 Å². The molecule has 1 aromatic carbocycles. The summed E-state index contributed by atoms with van der Waals surface area (Å²) in [5, 5.41) is 2.67. The van der Waals surface area contributed by atoms with Crippen molar-refractivity contribution in [2.45, 2.75) is 39.7 Å². The molecule has 1 N–H and O–H groups in total. The number of rotatable bonds is 3. The van der Waals surface area contributed by atoms with Gasteiger partial charge in [0.15, 0.2) is 0 Å². The molecular weight excluding hydrogens is 266 g/mol. The normalized spacial score (nSPS) is 10.3. The number of esters is 1. The predicted octanol–water partition coefficient (Wildman–Crippen LogP) is 2.52. The van der Waals surface area contributed by atoms with Crippen molar-refractivity contribution >= 4 is 11.9 Å². The molecule has 1 amide bonds. The summed E-state index contributed by atoms with van der Waals surface area (Å²) in [5.41, 5.74) is 0.719. The van der Waals surface area contributed by atoms with Crippen LogP contribution in [0.5, 0.6) is 0 Å². The Morgan fingerprint density at radius 2 is 2.00 bits per heavy atom. The van der Waals surface area contributed by atoms with Crippen LogP contribution in [-0.2, 0) is 9.53 Å². The molecule has 4 heteroatoms. The highest BCUT2D eigenvalue weighted by molar-refractivity contribution is 5.90. The molecule has 0 spiro atoms. The third-order valence-corrected chi connectivity index (χ3v) is 2.35. The second-order valence-corrected chi connectivity index (χ2v) is 5.62. The molecule has 0 bridgehead atoms. The zero-order valence-corrected chi connectivity index (χ0v) is 12.9. The van der Waals surface area contributed by atoms with E-state index < -0.39 is 5.60 Å². The Kier molecular flexibility index (Phi) is 5.98. The number of carbonyl (C=O) groups excluding carboxylic acids is 2. The van der Waals surface area contributed by atoms with E-state index in [1.165, 1.54) is 6.92 Å². The highest BCUT2D eigenvalue weighted by Crippen LogP contribution is 2.13. The molecule has 0 atom stereocenters. The highest BCUT2D eigenvalue weighted by atomic mass is 16.6. The van der Waals surface area contributed by atoms with Crippen LogP contribution in [0.3, 0.4) is 0 Å². The van der Waals surface area contributed by atoms with Gasteiger partial charge in [-0.3, -0.25) is 4.79 Å². The quantitative estimate of drug-likeness (QED) is 0.528. The number of hydrogen-bond donors (Lipinski definition) is 1. The first-order chi connectivity index (χ1) is 9.78. The van der Waals surface area contributed by atoms with Crippen molar-refractivity contribution in [1.29, 1.82) is 0 Å². The van der Waals surface area contributed by atoms with Crippen LogP contribution in [0.15, 0.2) is 24.3 Å². The molecule has 0 aliphatic carbocycles. The number of ether oxygens (including phenoxy) is 1. The number of carbonyl (C=O) groups is 2. The van der Waals surface area contributed by atoms with E-state index in [0.29, 0.717) is 18.5 Å². The molecule has 0 fully saturated rings. The van der Waals surface area contributed by atoms with Gasteiger partial charge in [0, 0.05) is 25.5 Å². The molecular formula is C17H21NO3. The number of hydrogen-bond acceptors (Lipinski definition) is 3. The van der Waals surface area contributed by atoms with Gasteiger partial charge in [-0.1, -0.05) is 17.9 Å². The summed E-state index contributed by atoms with van der Waals surface area (Å²) in [6.07, 6.45) is 0.566. The summed E-state index contributed by atoms with van der Waals surface area (Å²) in [6, 6.07) is 7.02. The monoisotopic (exact) mass is 287 g/mol. The van der Waals surface area contributed by atoms with Gasteiger partial charge in [-0.05, 0) is 39.0 Å². The van der Waals surface area contributed by atoms with Gasteiger partial charge in [0.25, 0.3) is 0 Å². The maximum atomic E-state index is 11.9. The first-order valence-electron chi connectivity index (χ1n) is 6.84. The summed E-state index contributed by atoms with van der Waals surface area (Å²) < 4.78 is 5.31. The van der Waals surface area contributed by atoms with Crippen molar-refractivity contribution in [3.8, 4) is 11.8 Å². The molecule has 0 unspecified atom stereocenters. The molecule has 0 aliphatic heterocycles. The maximum absolute atomic E-state index is 11.9. The standard InChI is InChI=1S/C17H21NO3/c1-13(19)18-11-6-5-8-14-9-7-10-15(12-14)16(20)21-17(2,3)4/h7,9-10,12H,6,11H2,1-4H3,(H,18,19). The van der Waals surface area contributed by atoms with E-state index in [0.717, 1.165) is 5.56 Å². The van der Waals surface area contributed by atoms with E-state index in [2.05, 4.69) is 17.2 Å². The second kappa shape index (κ2) is 7.49. The Labute approximate surface area is 125 Å². The Bertz CT molecular complexity index is 574. The topological polar surface area (TPSA) is 55.4 Å². The molecule has 1 rings (SSSR count). The third-order valence-electron chi connectivity index (χ3n) is 2.35. The minimum Gasteiger partial charge on any atom is -0.456 e. The minimum absolute atomic E-state index is 0.0660. The van der Waals surface area contributed by atoms with Crippen molar-refractivity contribution < 1.29 is 14.3 Å². The number of benzene rings is 1. The van der Waals surface area contributed by atoms with Gasteiger partial charge in [-0.25, -0.2) is 4.79 Å². The Morgan fingerprint density at radius 3 is 2.62 bits per heavy atom. The fraction of sp³-hybridized carbons (Fsp3) is 0.412. The summed E-state index contributed by atoms with van der Waals surface area (Å²) in [5.74, 6) is 5.50. The van der Waals surface area contributed by atoms with E-state index >= 15 is 0 Å². The van der Waals surface area contributed by atoms with Gasteiger partial charge in [-0.15, -0.1) is 0 Å². The third kappa shape index (κ3) is 7.17. The Morgan fingerprint density at radius 1 is 1.29 bits per heavy atom. The van der Waals surface area contributed by atoms with Crippen LogP contribution in [-0.4, -0.2) is 24.0 Å². The van der Waals surface area contributed by atoms with Gasteiger partial charge < -0.3 is 10.1 Å². The first kappa shape index (κ1) is 16.8. The Hall–Kier alpha value is -2.28. The van der Waals surface area contributed by atoms with Crippen LogP contribution in [0.2, 0.25) is 0 Å². The van der Waals surface area contributed by atoms with Crippen molar-refractivity contribution in [3.63, 3.8) is 0 Å². The zero-order chi connectivity index (χ0) is 15.9. The lowest BCUT2D eigenvalue weighted by Gasteiger charge is -2.19. The van der Waals surface area contributed by atoms with E-state index in [-0.39, 0.29) is 11.9 Å². The molecule has 21 heavy (non-hydrogen) atoms. The van der Waals surface area contributed by atoms with Crippen LogP contribution < -0.4 is 5.32 Å². The largest absolute Gasteiger partial charge is 0.456 e. The maximum Gasteiger partial charge on any atom is 0.338 e. The van der Waals surface area contributed by atoms with Gasteiger partial charge in [-0.2, -0.15) is 0 Å². The average Bonchev–Trinajstić information content (AvgIpc) is 2.36. The van der Waals surface area contributed by atoms with Crippen molar-refractivity contribution in [2.24, 2.45) is 0 Å². The average molecular weight is 287 g/mol. The number of nitrogens with one attached hydrogen (secondary N) is 1. The molecule has 0 saturated carbocycles. The fourth-order valence-electron chi connectivity index (χ4n) is 1.53. The fourth-order valence-corrected chi connectivity index (χ4v) is 1.53. The lowest BCUT2D eigenvalue weighted by atomic mass is 10.1. The molecule has 0 aliphatic rings. The minimum atomic E-state index is -0.517. The van der Waals surface area contributed by atoms with Crippen molar-refractivity contribution in [1.82, 2.24) is 5.32 Å². The first-order valence-corrected chi connectivity index (χ1v) is 6.84. The van der Waals surface area contributed by atoms with E-state index in [4.69, 9.17) is 4.74 Å². The van der Waals surface area contributed by atoms with Crippen molar-refractivity contribution in [2.75, 3.05) is 6.54 Å². The van der Waals surface area contributed by atoms with Gasteiger partial charge >= 0.3 is 5.97 Å². The SMILES string of the molecule is CC(=O)NCCC#Cc1cccc(C(=O)OC(C)(C)C)c1. The molecule has 112 valence electrons. The van der Waals surface area contributed by atoms with Crippen LogP contribution in [0, 0.1) is 11.8 Å². The molecule has 1 aromatic rings. The molecule has 0 aromatic heterocycles. The molecule has 4 nitrogen and oxygen atoms in total. The second-order valence-electron chi connectivity index (χ2n) is 5.62. The smallest absolute Gasteiger partial charge is 0.338 e. The van der Waals surface area contributed by atoms with Gasteiger partial charge in [0.2, 0.25) is 5.91 Å². The molecule has 0 saturated heterocycles. The van der Waals surface area contributed by atoms with Crippen molar-refractivity contribution in [3.05, 3.63) is 35.4 Å². The lowest BCUT2D eigenvalue weighted by Crippen LogP contribution is -2.23. The highest BCUT2D eigenvalue weighted by Gasteiger charge is 2.17. The number of amides is 1. The summed E-state index contributed by atoms with van der Waals surface area (Å²) >= 11 is 0.